The summed E-state index contributed by atoms with van der Waals surface area (Å²) in [5.41, 5.74) is 9.12. The van der Waals surface area contributed by atoms with Crippen LogP contribution in [0.4, 0.5) is 0 Å². The molecule has 0 amide bonds. The van der Waals surface area contributed by atoms with Gasteiger partial charge >= 0.3 is 0 Å². The van der Waals surface area contributed by atoms with Gasteiger partial charge in [-0.2, -0.15) is 0 Å². The third-order valence-corrected chi connectivity index (χ3v) is 0. The Morgan fingerprint density at radius 2 is 0.900 bits per heavy atom. The average Bonchev–Trinajstić information content (AvgIpc) is 1.25. The van der Waals surface area contributed by atoms with Crippen LogP contribution in [-0.2, 0) is 0 Å². The summed E-state index contributed by atoms with van der Waals surface area (Å²) >= 11 is 6.65. The number of rotatable bonds is 0. The first kappa shape index (κ1) is 22.5. The summed E-state index contributed by atoms with van der Waals surface area (Å²) in [6, 6.07) is 0. The quantitative estimate of drug-likeness (QED) is 0.205. The fourth-order valence-corrected chi connectivity index (χ4v) is 0. The van der Waals surface area contributed by atoms with E-state index in [4.69, 9.17) is 10.8 Å². The van der Waals surface area contributed by atoms with Crippen molar-refractivity contribution in [3.8, 4) is 0 Å². The van der Waals surface area contributed by atoms with E-state index in [1.807, 2.05) is 0 Å². The number of nitrogens with two attached hydrogens (primary N) is 2. The van der Waals surface area contributed by atoms with Crippen molar-refractivity contribution in [1.29, 1.82) is 10.8 Å². The molecule has 0 aromatic heterocycles. The highest BCUT2D eigenvalue weighted by molar-refractivity contribution is 7.96. The van der Waals surface area contributed by atoms with Crippen LogP contribution < -0.4 is 11.5 Å². The van der Waals surface area contributed by atoms with E-state index in [0.29, 0.717) is 0 Å². The fourth-order valence-electron chi connectivity index (χ4n) is 0. The molecule has 0 atom stereocenters. The lowest BCUT2D eigenvalue weighted by Gasteiger charge is -1.65. The predicted octanol–water partition coefficient (Wildman–Crippen LogP) is 0.463. The van der Waals surface area contributed by atoms with Gasteiger partial charge in [0.1, 0.15) is 10.3 Å². The topological polar surface area (TPSA) is 99.7 Å². The molecule has 6 N–H and O–H groups in total. The highest BCUT2D eigenvalue weighted by Crippen LogP contribution is 1.56. The molecule has 0 aliphatic heterocycles. The van der Waals surface area contributed by atoms with Crippen LogP contribution in [0.2, 0.25) is 0 Å². The zero-order valence-corrected chi connectivity index (χ0v) is 8.29. The number of nitrogens with one attached hydrogen (secondary N) is 2. The maximum absolute atomic E-state index is 6.14. The summed E-state index contributed by atoms with van der Waals surface area (Å²) < 4.78 is 0. The Morgan fingerprint density at radius 3 is 0.900 bits per heavy atom. The van der Waals surface area contributed by atoms with Gasteiger partial charge in [-0.15, -0.1) is 50.1 Å². The maximum atomic E-state index is 6.14. The van der Waals surface area contributed by atoms with E-state index in [1.54, 1.807) is 0 Å². The first-order valence-electron chi connectivity index (χ1n) is 1.52. The minimum absolute atomic E-state index is 0. The van der Waals surface area contributed by atoms with Gasteiger partial charge in [-0.1, -0.05) is 0 Å². The largest absolute Gasteiger partial charge is 0.379 e. The number of thiol groups is 2. The third kappa shape index (κ3) is 8850. The molecule has 8 heteroatoms. The molecule has 64 valence electrons. The maximum Gasteiger partial charge on any atom is 0.147 e. The molecular weight excluding hydrogens is 215 g/mol. The highest BCUT2D eigenvalue weighted by atomic mass is 35.5. The van der Waals surface area contributed by atoms with Crippen LogP contribution in [0.3, 0.4) is 0 Å². The van der Waals surface area contributed by atoms with Crippen LogP contribution in [0.1, 0.15) is 0 Å². The van der Waals surface area contributed by atoms with E-state index >= 15 is 0 Å². The minimum Gasteiger partial charge on any atom is -0.379 e. The Labute approximate surface area is 82.8 Å². The second-order valence-corrected chi connectivity index (χ2v) is 1.73. The van der Waals surface area contributed by atoms with Gasteiger partial charge in [0.25, 0.3) is 0 Å². The Hall–Kier alpha value is 0.220. The molecule has 0 spiro atoms. The van der Waals surface area contributed by atoms with E-state index in [0.717, 1.165) is 0 Å². The smallest absolute Gasteiger partial charge is 0.147 e. The van der Waals surface area contributed by atoms with Crippen molar-refractivity contribution in [2.75, 3.05) is 0 Å². The standard InChI is InChI=1S/2CH4N2S.2ClH/c2*2-1(3)4;;/h2*(H4,2,3,4);2*1H. The van der Waals surface area contributed by atoms with Crippen molar-refractivity contribution in [2.45, 2.75) is 0 Å². The fraction of sp³-hybridized carbons (Fsp3) is 0. The molecule has 10 heavy (non-hydrogen) atoms. The first-order valence-corrected chi connectivity index (χ1v) is 2.42. The third-order valence-electron chi connectivity index (χ3n) is 0. The summed E-state index contributed by atoms with van der Waals surface area (Å²) in [5, 5.41) is 12.0. The molecule has 0 saturated heterocycles. The molecule has 0 aliphatic carbocycles. The predicted molar refractivity (Wildman–Crippen MR) is 56.3 cm³/mol. The Kier molecular flexibility index (Phi) is 36.2. The summed E-state index contributed by atoms with van der Waals surface area (Å²) in [7, 11) is 0. The SMILES string of the molecule is Cl.Cl.N=C(N)S.N=C(N)S. The Balaban J connectivity index is -0.0000000300. The second-order valence-electron chi connectivity index (χ2n) is 0.770. The number of hydrogen-bond donors (Lipinski definition) is 6. The van der Waals surface area contributed by atoms with Crippen molar-refractivity contribution < 1.29 is 0 Å². The molecule has 0 fully saturated rings. The van der Waals surface area contributed by atoms with Gasteiger partial charge in [-0.05, 0) is 0 Å². The van der Waals surface area contributed by atoms with Crippen LogP contribution in [0.15, 0.2) is 0 Å². The Morgan fingerprint density at radius 1 is 0.900 bits per heavy atom. The monoisotopic (exact) mass is 224 g/mol. The zero-order valence-electron chi connectivity index (χ0n) is 4.87. The normalized spacial score (nSPS) is 5.00. The molecule has 0 rings (SSSR count). The summed E-state index contributed by atoms with van der Waals surface area (Å²) in [6.07, 6.45) is 0. The lowest BCUT2D eigenvalue weighted by atomic mass is 11.4. The molecule has 0 aromatic rings. The Bertz CT molecular complexity index is 77.3. The lowest BCUT2D eigenvalue weighted by molar-refractivity contribution is 1.51. The van der Waals surface area contributed by atoms with Gasteiger partial charge in [0, 0.05) is 0 Å². The van der Waals surface area contributed by atoms with E-state index in [2.05, 4.69) is 36.7 Å². The van der Waals surface area contributed by atoms with Crippen molar-refractivity contribution >= 4 is 60.4 Å². The molecular formula is C2H10Cl2N4S2. The van der Waals surface area contributed by atoms with E-state index in [1.165, 1.54) is 0 Å². The summed E-state index contributed by atoms with van der Waals surface area (Å²) in [6.45, 7) is 0. The van der Waals surface area contributed by atoms with Crippen LogP contribution in [0.25, 0.3) is 0 Å². The molecule has 0 aromatic carbocycles. The molecule has 0 heterocycles. The summed E-state index contributed by atoms with van der Waals surface area (Å²) in [4.78, 5) is 0. The van der Waals surface area contributed by atoms with Crippen LogP contribution >= 0.6 is 50.1 Å². The number of hydrogen-bond acceptors (Lipinski definition) is 2. The average molecular weight is 225 g/mol. The van der Waals surface area contributed by atoms with Gasteiger partial charge in [0.05, 0.1) is 0 Å². The zero-order chi connectivity index (χ0) is 7.15. The number of halogens is 2. The molecule has 0 aliphatic rings. The lowest BCUT2D eigenvalue weighted by Crippen LogP contribution is -1.96. The van der Waals surface area contributed by atoms with E-state index in [-0.39, 0.29) is 35.1 Å². The van der Waals surface area contributed by atoms with E-state index < -0.39 is 0 Å². The summed E-state index contributed by atoms with van der Waals surface area (Å²) in [5.74, 6) is 0. The van der Waals surface area contributed by atoms with Gasteiger partial charge in [0.15, 0.2) is 0 Å². The van der Waals surface area contributed by atoms with Gasteiger partial charge in [0.2, 0.25) is 0 Å². The van der Waals surface area contributed by atoms with Crippen LogP contribution in [0, 0.1) is 10.8 Å². The first-order chi connectivity index (χ1) is 3.46. The minimum atomic E-state index is -0.139. The van der Waals surface area contributed by atoms with Crippen molar-refractivity contribution in [2.24, 2.45) is 11.5 Å². The molecule has 0 bridgehead atoms. The van der Waals surface area contributed by atoms with Crippen LogP contribution in [0.5, 0.6) is 0 Å². The second kappa shape index (κ2) is 16.1. The molecule has 0 radical (unpaired) electrons. The molecule has 4 nitrogen and oxygen atoms in total. The van der Waals surface area contributed by atoms with Gasteiger partial charge in [-0.25, -0.2) is 0 Å². The van der Waals surface area contributed by atoms with Gasteiger partial charge < -0.3 is 11.5 Å². The van der Waals surface area contributed by atoms with Gasteiger partial charge in [-0.3, -0.25) is 10.8 Å². The van der Waals surface area contributed by atoms with Crippen LogP contribution in [-0.4, -0.2) is 10.3 Å². The molecule has 0 saturated carbocycles. The van der Waals surface area contributed by atoms with Crippen molar-refractivity contribution in [1.82, 2.24) is 0 Å². The molecule has 0 unspecified atom stereocenters. The number of amidine groups is 2. The highest BCUT2D eigenvalue weighted by Gasteiger charge is 1.55. The van der Waals surface area contributed by atoms with E-state index in [9.17, 15) is 0 Å². The van der Waals surface area contributed by atoms with Crippen molar-refractivity contribution in [3.63, 3.8) is 0 Å². The van der Waals surface area contributed by atoms with Crippen molar-refractivity contribution in [3.05, 3.63) is 0 Å².